The highest BCUT2D eigenvalue weighted by Gasteiger charge is 2.01. The van der Waals surface area contributed by atoms with E-state index in [9.17, 15) is 0 Å². The molecule has 0 aliphatic carbocycles. The molecule has 1 unspecified atom stereocenters. The number of thiocarbonyl (C=S) groups is 2. The fraction of sp³-hybridized carbons (Fsp3) is 0.200. The second-order valence-corrected chi connectivity index (χ2v) is 5.75. The molecule has 1 aromatic rings. The third kappa shape index (κ3) is 14.0. The maximum atomic E-state index is 4.68. The summed E-state index contributed by atoms with van der Waals surface area (Å²) in [6.07, 6.45) is 0. The smallest absolute Gasteiger partial charge is 0.131 e. The summed E-state index contributed by atoms with van der Waals surface area (Å²) in [6.45, 7) is 0.562. The van der Waals surface area contributed by atoms with Gasteiger partial charge in [0, 0.05) is 6.54 Å². The van der Waals surface area contributed by atoms with Gasteiger partial charge in [0.15, 0.2) is 0 Å². The summed E-state index contributed by atoms with van der Waals surface area (Å²) in [7, 11) is 0. The molecular weight excluding hydrogens is 308 g/mol. The normalized spacial score (nSPS) is 10.5. The lowest BCUT2D eigenvalue weighted by Gasteiger charge is -2.12. The first-order valence-corrected chi connectivity index (χ1v) is 6.89. The molecule has 1 aromatic carbocycles. The van der Waals surface area contributed by atoms with E-state index in [-0.39, 0.29) is 5.37 Å². The van der Waals surface area contributed by atoms with Gasteiger partial charge in [-0.3, -0.25) is 0 Å². The Labute approximate surface area is 129 Å². The molecule has 0 aliphatic heterocycles. The number of thiol groups is 3. The van der Waals surface area contributed by atoms with Crippen molar-refractivity contribution in [2.24, 2.45) is 0 Å². The van der Waals surface area contributed by atoms with Crippen LogP contribution in [0.3, 0.4) is 0 Å². The van der Waals surface area contributed by atoms with Crippen LogP contribution in [-0.2, 0) is 0 Å². The van der Waals surface area contributed by atoms with Crippen LogP contribution in [0, 0.1) is 0 Å². The van der Waals surface area contributed by atoms with Gasteiger partial charge < -0.3 is 10.6 Å². The van der Waals surface area contributed by atoms with Crippen LogP contribution in [0.5, 0.6) is 0 Å². The molecule has 0 spiro atoms. The first kappa shape index (κ1) is 17.1. The average molecular weight is 323 g/mol. The zero-order valence-corrected chi connectivity index (χ0v) is 13.2. The molecule has 0 amide bonds. The molecule has 2 nitrogen and oxygen atoms in total. The van der Waals surface area contributed by atoms with Gasteiger partial charge >= 0.3 is 0 Å². The Hall–Kier alpha value is 0.0500. The molecule has 0 radical (unpaired) electrons. The molecule has 0 saturated heterocycles. The van der Waals surface area contributed by atoms with Crippen LogP contribution >= 0.6 is 62.3 Å². The second-order valence-electron chi connectivity index (χ2n) is 2.81. The molecule has 0 aliphatic rings. The summed E-state index contributed by atoms with van der Waals surface area (Å²) in [5, 5.41) is 5.52. The minimum atomic E-state index is -0.0925. The van der Waals surface area contributed by atoms with E-state index in [4.69, 9.17) is 0 Å². The lowest BCUT2D eigenvalue weighted by Crippen LogP contribution is -2.36. The molecule has 0 bridgehead atoms. The molecule has 0 saturated carbocycles. The Morgan fingerprint density at radius 3 is 1.65 bits per heavy atom. The first-order valence-electron chi connectivity index (χ1n) is 4.66. The van der Waals surface area contributed by atoms with Crippen molar-refractivity contribution < 1.29 is 0 Å². The summed E-state index contributed by atoms with van der Waals surface area (Å²) >= 11 is 21.2. The highest BCUT2D eigenvalue weighted by Crippen LogP contribution is 1.91. The summed E-state index contributed by atoms with van der Waals surface area (Å²) in [6, 6.07) is 12.0. The Kier molecular flexibility index (Phi) is 11.2. The summed E-state index contributed by atoms with van der Waals surface area (Å²) in [4.78, 5) is 0. The molecule has 7 heteroatoms. The van der Waals surface area contributed by atoms with E-state index >= 15 is 0 Å². The minimum Gasteiger partial charge on any atom is -0.368 e. The molecule has 0 heterocycles. The fourth-order valence-corrected chi connectivity index (χ4v) is 1.64. The largest absolute Gasteiger partial charge is 0.368 e. The van der Waals surface area contributed by atoms with Gasteiger partial charge in [-0.15, -0.1) is 25.3 Å². The van der Waals surface area contributed by atoms with Crippen molar-refractivity contribution in [1.82, 2.24) is 10.6 Å². The van der Waals surface area contributed by atoms with Gasteiger partial charge in [-0.2, -0.15) is 12.6 Å². The lowest BCUT2D eigenvalue weighted by molar-refractivity contribution is 0.787. The van der Waals surface area contributed by atoms with E-state index in [1.54, 1.807) is 0 Å². The Balaban J connectivity index is 0.000000354. The van der Waals surface area contributed by atoms with Crippen LogP contribution in [-0.4, -0.2) is 20.6 Å². The van der Waals surface area contributed by atoms with Crippen molar-refractivity contribution in [2.45, 2.75) is 5.37 Å². The fourth-order valence-electron chi connectivity index (χ4n) is 0.762. The maximum absolute atomic E-state index is 4.68. The minimum absolute atomic E-state index is 0.0925. The van der Waals surface area contributed by atoms with Gasteiger partial charge in [0.25, 0.3) is 0 Å². The molecular formula is C10H14N2S5. The number of benzene rings is 1. The van der Waals surface area contributed by atoms with E-state index in [2.05, 4.69) is 73.0 Å². The second kappa shape index (κ2) is 11.2. The maximum Gasteiger partial charge on any atom is 0.131 e. The zero-order chi connectivity index (χ0) is 13.1. The average Bonchev–Trinajstić information content (AvgIpc) is 2.29. The van der Waals surface area contributed by atoms with Crippen molar-refractivity contribution in [3.05, 3.63) is 36.4 Å². The van der Waals surface area contributed by atoms with E-state index in [0.29, 0.717) is 15.2 Å². The van der Waals surface area contributed by atoms with E-state index in [1.807, 2.05) is 36.4 Å². The van der Waals surface area contributed by atoms with E-state index in [1.165, 1.54) is 0 Å². The molecule has 1 rings (SSSR count). The van der Waals surface area contributed by atoms with Crippen LogP contribution in [0.25, 0.3) is 0 Å². The van der Waals surface area contributed by atoms with E-state index < -0.39 is 0 Å². The highest BCUT2D eigenvalue weighted by molar-refractivity contribution is 8.11. The van der Waals surface area contributed by atoms with E-state index in [0.717, 1.165) is 0 Å². The molecule has 94 valence electrons. The molecule has 0 fully saturated rings. The lowest BCUT2D eigenvalue weighted by atomic mass is 10.4. The van der Waals surface area contributed by atoms with Gasteiger partial charge in [-0.1, -0.05) is 60.8 Å². The van der Waals surface area contributed by atoms with Crippen LogP contribution in [0.15, 0.2) is 36.4 Å². The Morgan fingerprint density at radius 2 is 1.35 bits per heavy atom. The van der Waals surface area contributed by atoms with Crippen molar-refractivity contribution in [1.29, 1.82) is 0 Å². The Morgan fingerprint density at radius 1 is 0.941 bits per heavy atom. The standard InChI is InChI=1S/C6H6.C4H8N2S5/c1-2-4-6-5-3-1;7-2(6-4(10)11)1-5-3(8)9/h1-6H;2,7H,1H2,(H2,5,8,9)(H2,6,10,11). The first-order chi connectivity index (χ1) is 8.02. The zero-order valence-electron chi connectivity index (χ0n) is 8.91. The molecule has 0 aromatic heterocycles. The van der Waals surface area contributed by atoms with Crippen LogP contribution in [0.1, 0.15) is 0 Å². The van der Waals surface area contributed by atoms with Crippen LogP contribution in [0.4, 0.5) is 0 Å². The van der Waals surface area contributed by atoms with Crippen LogP contribution < -0.4 is 10.6 Å². The summed E-state index contributed by atoms with van der Waals surface area (Å²) < 4.78 is 0.854. The predicted octanol–water partition coefficient (Wildman–Crippen LogP) is 2.54. The van der Waals surface area contributed by atoms with Gasteiger partial charge in [0.1, 0.15) is 8.64 Å². The summed E-state index contributed by atoms with van der Waals surface area (Å²) in [5.41, 5.74) is 0. The molecule has 1 atom stereocenters. The number of hydrogen-bond acceptors (Lipinski definition) is 3. The topological polar surface area (TPSA) is 24.1 Å². The van der Waals surface area contributed by atoms with Crippen molar-refractivity contribution in [2.75, 3.05) is 6.54 Å². The molecule has 2 N–H and O–H groups in total. The monoisotopic (exact) mass is 322 g/mol. The highest BCUT2D eigenvalue weighted by atomic mass is 32.1. The number of hydrogen-bond donors (Lipinski definition) is 5. The van der Waals surface area contributed by atoms with Crippen molar-refractivity contribution in [3.63, 3.8) is 0 Å². The molecule has 17 heavy (non-hydrogen) atoms. The van der Waals surface area contributed by atoms with Crippen LogP contribution in [0.2, 0.25) is 0 Å². The van der Waals surface area contributed by atoms with Gasteiger partial charge in [0.2, 0.25) is 0 Å². The number of rotatable bonds is 3. The number of nitrogens with one attached hydrogen (secondary N) is 2. The van der Waals surface area contributed by atoms with Gasteiger partial charge in [-0.05, 0) is 0 Å². The van der Waals surface area contributed by atoms with Gasteiger partial charge in [-0.25, -0.2) is 0 Å². The third-order valence-corrected chi connectivity index (χ3v) is 2.26. The SMILES string of the molecule is S=C(S)NCC(S)NC(=S)S.c1ccccc1. The summed E-state index contributed by atoms with van der Waals surface area (Å²) in [5.74, 6) is 0. The van der Waals surface area contributed by atoms with Crippen molar-refractivity contribution in [3.8, 4) is 0 Å². The predicted molar refractivity (Wildman–Crippen MR) is 93.5 cm³/mol. The third-order valence-electron chi connectivity index (χ3n) is 1.40. The quantitative estimate of drug-likeness (QED) is 0.335. The van der Waals surface area contributed by atoms with Crippen molar-refractivity contribution >= 4 is 71.0 Å². The Bertz CT molecular complexity index is 304. The van der Waals surface area contributed by atoms with Gasteiger partial charge in [0.05, 0.1) is 5.37 Å².